The molecule has 0 saturated carbocycles. The summed E-state index contributed by atoms with van der Waals surface area (Å²) in [6.07, 6.45) is 3.12. The Kier molecular flexibility index (Phi) is 4.02. The van der Waals surface area contributed by atoms with E-state index in [1.54, 1.807) is 35.3 Å². The van der Waals surface area contributed by atoms with Gasteiger partial charge in [-0.3, -0.25) is 8.80 Å². The van der Waals surface area contributed by atoms with Crippen LogP contribution in [-0.2, 0) is 9.47 Å². The number of rotatable bonds is 4. The maximum absolute atomic E-state index is 12.5. The van der Waals surface area contributed by atoms with Gasteiger partial charge < -0.3 is 9.47 Å². The molecule has 4 aromatic rings. The number of hydrogen-bond acceptors (Lipinski definition) is 6. The number of imidazole rings is 2. The van der Waals surface area contributed by atoms with Crippen LogP contribution in [-0.4, -0.2) is 43.9 Å². The number of nitrogens with zero attached hydrogens (tertiary/aromatic N) is 4. The average molecular weight is 366 g/mol. The van der Waals surface area contributed by atoms with Crippen LogP contribution in [0.15, 0.2) is 30.9 Å². The number of aryl methyl sites for hydroxylation is 1. The van der Waals surface area contributed by atoms with Gasteiger partial charge in [0.15, 0.2) is 11.4 Å². The molecule has 0 unspecified atom stereocenters. The summed E-state index contributed by atoms with van der Waals surface area (Å²) in [6, 6.07) is 5.90. The molecule has 138 valence electrons. The largest absolute Gasteiger partial charge is 0.461 e. The van der Waals surface area contributed by atoms with E-state index in [0.717, 1.165) is 16.6 Å². The highest BCUT2D eigenvalue weighted by Gasteiger charge is 2.25. The standard InChI is InChI=1S/C19H18N4O4/c1-4-26-18(24)14-16-17-15(19(25)27-5-2)21-10-23(17)13-8-11(3)6-7-12(13)22(16)9-20-14/h6-10H,4-5H2,1-3H3. The monoisotopic (exact) mass is 366 g/mol. The van der Waals surface area contributed by atoms with Crippen molar-refractivity contribution in [1.29, 1.82) is 0 Å². The summed E-state index contributed by atoms with van der Waals surface area (Å²) in [4.78, 5) is 33.4. The molecule has 8 nitrogen and oxygen atoms in total. The van der Waals surface area contributed by atoms with Gasteiger partial charge in [-0.05, 0) is 38.5 Å². The maximum atomic E-state index is 12.5. The zero-order chi connectivity index (χ0) is 19.1. The molecule has 0 amide bonds. The molecule has 0 N–H and O–H groups in total. The highest BCUT2D eigenvalue weighted by Crippen LogP contribution is 2.28. The van der Waals surface area contributed by atoms with Crippen LogP contribution >= 0.6 is 0 Å². The second-order valence-corrected chi connectivity index (χ2v) is 6.06. The Labute approximate surface area is 154 Å². The van der Waals surface area contributed by atoms with Crippen molar-refractivity contribution in [1.82, 2.24) is 18.8 Å². The van der Waals surface area contributed by atoms with Gasteiger partial charge >= 0.3 is 11.9 Å². The summed E-state index contributed by atoms with van der Waals surface area (Å²) in [5.41, 5.74) is 3.93. The quantitative estimate of drug-likeness (QED) is 0.516. The number of carbonyl (C=O) groups is 2. The van der Waals surface area contributed by atoms with Crippen LogP contribution in [0.4, 0.5) is 0 Å². The molecule has 0 atom stereocenters. The first-order valence-electron chi connectivity index (χ1n) is 8.67. The summed E-state index contributed by atoms with van der Waals surface area (Å²) < 4.78 is 13.8. The summed E-state index contributed by atoms with van der Waals surface area (Å²) in [5, 5.41) is 0. The molecule has 0 bridgehead atoms. The first kappa shape index (κ1) is 17.0. The van der Waals surface area contributed by atoms with Crippen LogP contribution in [0, 0.1) is 6.92 Å². The predicted octanol–water partition coefficient (Wildman–Crippen LogP) is 2.80. The van der Waals surface area contributed by atoms with Crippen molar-refractivity contribution in [3.05, 3.63) is 47.8 Å². The van der Waals surface area contributed by atoms with Crippen molar-refractivity contribution in [2.45, 2.75) is 20.8 Å². The SMILES string of the molecule is CCOC(=O)c1ncn2c3ccc(C)cc3n3cnc(C(=O)OCC)c3c12. The summed E-state index contributed by atoms with van der Waals surface area (Å²) >= 11 is 0. The van der Waals surface area contributed by atoms with Gasteiger partial charge in [0.05, 0.1) is 24.2 Å². The Morgan fingerprint density at radius 1 is 0.889 bits per heavy atom. The van der Waals surface area contributed by atoms with E-state index >= 15 is 0 Å². The van der Waals surface area contributed by atoms with Crippen LogP contribution in [0.5, 0.6) is 0 Å². The molecule has 0 radical (unpaired) electrons. The van der Waals surface area contributed by atoms with Crippen LogP contribution in [0.1, 0.15) is 40.4 Å². The summed E-state index contributed by atoms with van der Waals surface area (Å²) in [5.74, 6) is -1.10. The molecule has 4 rings (SSSR count). The topological polar surface area (TPSA) is 87.2 Å². The van der Waals surface area contributed by atoms with Gasteiger partial charge in [0.2, 0.25) is 0 Å². The van der Waals surface area contributed by atoms with Gasteiger partial charge in [0.25, 0.3) is 0 Å². The fraction of sp³-hybridized carbons (Fsp3) is 0.263. The lowest BCUT2D eigenvalue weighted by Crippen LogP contribution is -2.09. The van der Waals surface area contributed by atoms with E-state index in [1.807, 2.05) is 25.1 Å². The van der Waals surface area contributed by atoms with E-state index < -0.39 is 11.9 Å². The second-order valence-electron chi connectivity index (χ2n) is 6.06. The third-order valence-electron chi connectivity index (χ3n) is 4.35. The van der Waals surface area contributed by atoms with Crippen molar-refractivity contribution >= 4 is 34.0 Å². The molecule has 0 aliphatic carbocycles. The van der Waals surface area contributed by atoms with Gasteiger partial charge in [-0.1, -0.05) is 6.07 Å². The lowest BCUT2D eigenvalue weighted by molar-refractivity contribution is 0.0511. The maximum Gasteiger partial charge on any atom is 0.359 e. The molecule has 3 aromatic heterocycles. The molecule has 0 saturated heterocycles. The Hall–Kier alpha value is -3.42. The van der Waals surface area contributed by atoms with Gasteiger partial charge in [-0.15, -0.1) is 0 Å². The first-order valence-corrected chi connectivity index (χ1v) is 8.67. The number of esters is 2. The van der Waals surface area contributed by atoms with Crippen molar-refractivity contribution in [2.75, 3.05) is 13.2 Å². The third kappa shape index (κ3) is 2.52. The zero-order valence-corrected chi connectivity index (χ0v) is 15.2. The smallest absolute Gasteiger partial charge is 0.359 e. The molecular formula is C19H18N4O4. The molecule has 3 heterocycles. The highest BCUT2D eigenvalue weighted by molar-refractivity contribution is 6.08. The van der Waals surface area contributed by atoms with Crippen molar-refractivity contribution < 1.29 is 19.1 Å². The summed E-state index contributed by atoms with van der Waals surface area (Å²) in [6.45, 7) is 5.90. The first-order chi connectivity index (χ1) is 13.1. The van der Waals surface area contributed by atoms with E-state index in [4.69, 9.17) is 9.47 Å². The van der Waals surface area contributed by atoms with Gasteiger partial charge in [0.1, 0.15) is 23.7 Å². The van der Waals surface area contributed by atoms with Crippen LogP contribution < -0.4 is 0 Å². The van der Waals surface area contributed by atoms with E-state index in [1.165, 1.54) is 0 Å². The number of hydrogen-bond donors (Lipinski definition) is 0. The van der Waals surface area contributed by atoms with E-state index in [2.05, 4.69) is 9.97 Å². The Morgan fingerprint density at radius 3 is 1.93 bits per heavy atom. The fourth-order valence-corrected chi connectivity index (χ4v) is 3.24. The number of benzene rings is 1. The molecule has 1 aromatic carbocycles. The number of fused-ring (bicyclic) bond motifs is 6. The molecule has 8 heteroatoms. The minimum absolute atomic E-state index is 0.135. The van der Waals surface area contributed by atoms with Crippen LogP contribution in [0.2, 0.25) is 0 Å². The molecular weight excluding hydrogens is 348 g/mol. The second kappa shape index (κ2) is 6.39. The molecule has 0 aliphatic heterocycles. The molecule has 27 heavy (non-hydrogen) atoms. The van der Waals surface area contributed by atoms with Gasteiger partial charge in [-0.25, -0.2) is 19.6 Å². The van der Waals surface area contributed by atoms with E-state index in [0.29, 0.717) is 11.0 Å². The van der Waals surface area contributed by atoms with Crippen LogP contribution in [0.25, 0.3) is 22.1 Å². The molecule has 0 spiro atoms. The Bertz CT molecular complexity index is 1210. The number of ether oxygens (including phenoxy) is 2. The molecule has 0 fully saturated rings. The number of aromatic nitrogens is 4. The minimum atomic E-state index is -0.552. The van der Waals surface area contributed by atoms with Crippen LogP contribution in [0.3, 0.4) is 0 Å². The lowest BCUT2D eigenvalue weighted by atomic mass is 10.2. The lowest BCUT2D eigenvalue weighted by Gasteiger charge is -2.10. The highest BCUT2D eigenvalue weighted by atomic mass is 16.5. The predicted molar refractivity (Wildman–Crippen MR) is 98.1 cm³/mol. The average Bonchev–Trinajstić information content (AvgIpc) is 3.26. The Morgan fingerprint density at radius 2 is 1.41 bits per heavy atom. The van der Waals surface area contributed by atoms with Gasteiger partial charge in [-0.2, -0.15) is 0 Å². The van der Waals surface area contributed by atoms with E-state index in [-0.39, 0.29) is 24.6 Å². The van der Waals surface area contributed by atoms with Crippen molar-refractivity contribution in [2.24, 2.45) is 0 Å². The van der Waals surface area contributed by atoms with Crippen molar-refractivity contribution in [3.8, 4) is 0 Å². The summed E-state index contributed by atoms with van der Waals surface area (Å²) in [7, 11) is 0. The third-order valence-corrected chi connectivity index (χ3v) is 4.35. The molecule has 0 aliphatic rings. The zero-order valence-electron chi connectivity index (χ0n) is 15.2. The number of carbonyl (C=O) groups excluding carboxylic acids is 2. The minimum Gasteiger partial charge on any atom is -0.461 e. The fourth-order valence-electron chi connectivity index (χ4n) is 3.24. The normalized spacial score (nSPS) is 11.4. The van der Waals surface area contributed by atoms with Gasteiger partial charge in [0, 0.05) is 0 Å². The van der Waals surface area contributed by atoms with E-state index in [9.17, 15) is 9.59 Å². The Balaban J connectivity index is 2.18. The van der Waals surface area contributed by atoms with Crippen molar-refractivity contribution in [3.63, 3.8) is 0 Å².